The normalized spacial score (nSPS) is 11.3. The molecule has 0 radical (unpaired) electrons. The first kappa shape index (κ1) is 18.6. The molecule has 0 aliphatic carbocycles. The Morgan fingerprint density at radius 1 is 1.00 bits per heavy atom. The minimum Gasteiger partial charge on any atom is -0.493 e. The van der Waals surface area contributed by atoms with Gasteiger partial charge in [0.15, 0.2) is 5.69 Å². The summed E-state index contributed by atoms with van der Waals surface area (Å²) in [6.45, 7) is 0.359. The molecule has 0 amide bonds. The van der Waals surface area contributed by atoms with Crippen molar-refractivity contribution in [1.82, 2.24) is 4.57 Å². The number of non-ortho nitro benzene ring substituents is 1. The molecule has 0 fully saturated rings. The van der Waals surface area contributed by atoms with Crippen molar-refractivity contribution in [3.05, 3.63) is 93.5 Å². The van der Waals surface area contributed by atoms with Gasteiger partial charge in [0.1, 0.15) is 0 Å². The van der Waals surface area contributed by atoms with Gasteiger partial charge >= 0.3 is 0 Å². The smallest absolute Gasteiger partial charge is 0.271 e. The number of rotatable bonds is 5. The van der Waals surface area contributed by atoms with E-state index in [1.807, 2.05) is 42.5 Å². The molecule has 0 aliphatic heterocycles. The molecular weight excluding hydrogens is 392 g/mol. The zero-order chi connectivity index (χ0) is 20.4. The van der Waals surface area contributed by atoms with Crippen LogP contribution in [-0.4, -0.2) is 14.6 Å². The maximum Gasteiger partial charge on any atom is 0.271 e. The molecule has 8 heteroatoms. The average Bonchev–Trinajstić information content (AvgIpc) is 2.99. The fraction of sp³-hybridized carbons (Fsp3) is 0.0476. The van der Waals surface area contributed by atoms with Crippen molar-refractivity contribution >= 4 is 39.6 Å². The van der Waals surface area contributed by atoms with Gasteiger partial charge in [0, 0.05) is 22.5 Å². The van der Waals surface area contributed by atoms with E-state index >= 15 is 0 Å². The van der Waals surface area contributed by atoms with Crippen LogP contribution in [0.25, 0.3) is 10.9 Å². The molecule has 0 atom stereocenters. The SMILES string of the molecule is O=[N+]([O-])c1cccc(N=Nc2c(O)n(Cc3ccccc3Cl)c3ccccc23)c1. The Hall–Kier alpha value is -3.71. The lowest BCUT2D eigenvalue weighted by Gasteiger charge is -2.08. The van der Waals surface area contributed by atoms with Crippen LogP contribution in [0.2, 0.25) is 5.02 Å². The second-order valence-electron chi connectivity index (χ2n) is 6.34. The zero-order valence-electron chi connectivity index (χ0n) is 15.1. The lowest BCUT2D eigenvalue weighted by molar-refractivity contribution is -0.384. The number of benzene rings is 3. The molecule has 7 nitrogen and oxygen atoms in total. The molecular formula is C21H15ClN4O3. The number of nitro benzene ring substituents is 1. The molecule has 0 bridgehead atoms. The van der Waals surface area contributed by atoms with E-state index in [1.165, 1.54) is 18.2 Å². The summed E-state index contributed by atoms with van der Waals surface area (Å²) in [5.74, 6) is -0.0553. The van der Waals surface area contributed by atoms with Gasteiger partial charge in [-0.15, -0.1) is 5.11 Å². The summed E-state index contributed by atoms with van der Waals surface area (Å²) in [7, 11) is 0. The highest BCUT2D eigenvalue weighted by Gasteiger charge is 2.17. The van der Waals surface area contributed by atoms with Crippen LogP contribution in [-0.2, 0) is 6.54 Å². The largest absolute Gasteiger partial charge is 0.493 e. The van der Waals surface area contributed by atoms with Crippen LogP contribution in [0.15, 0.2) is 83.0 Å². The molecule has 0 spiro atoms. The predicted molar refractivity (Wildman–Crippen MR) is 111 cm³/mol. The van der Waals surface area contributed by atoms with Crippen molar-refractivity contribution < 1.29 is 10.0 Å². The maximum atomic E-state index is 10.9. The van der Waals surface area contributed by atoms with Crippen LogP contribution in [0, 0.1) is 10.1 Å². The van der Waals surface area contributed by atoms with Gasteiger partial charge in [-0.2, -0.15) is 5.11 Å². The van der Waals surface area contributed by atoms with Gasteiger partial charge in [0.2, 0.25) is 5.88 Å². The predicted octanol–water partition coefficient (Wildman–Crippen LogP) is 6.37. The van der Waals surface area contributed by atoms with Crippen LogP contribution < -0.4 is 0 Å². The van der Waals surface area contributed by atoms with E-state index < -0.39 is 4.92 Å². The zero-order valence-corrected chi connectivity index (χ0v) is 15.8. The minimum atomic E-state index is -0.494. The van der Waals surface area contributed by atoms with Gasteiger partial charge < -0.3 is 9.67 Å². The van der Waals surface area contributed by atoms with Crippen molar-refractivity contribution in [3.63, 3.8) is 0 Å². The highest BCUT2D eigenvalue weighted by molar-refractivity contribution is 6.31. The van der Waals surface area contributed by atoms with Crippen LogP contribution in [0.4, 0.5) is 17.1 Å². The van der Waals surface area contributed by atoms with E-state index in [4.69, 9.17) is 11.6 Å². The van der Waals surface area contributed by atoms with Crippen LogP contribution in [0.1, 0.15) is 5.56 Å². The van der Waals surface area contributed by atoms with Crippen LogP contribution in [0.5, 0.6) is 5.88 Å². The van der Waals surface area contributed by atoms with E-state index in [2.05, 4.69) is 10.2 Å². The monoisotopic (exact) mass is 406 g/mol. The van der Waals surface area contributed by atoms with Gasteiger partial charge in [0.05, 0.1) is 22.7 Å². The Kier molecular flexibility index (Phi) is 4.97. The lowest BCUT2D eigenvalue weighted by Crippen LogP contribution is -1.99. The van der Waals surface area contributed by atoms with E-state index in [1.54, 1.807) is 16.7 Å². The number of nitrogens with zero attached hydrogens (tertiary/aromatic N) is 4. The summed E-state index contributed by atoms with van der Waals surface area (Å²) in [4.78, 5) is 10.4. The molecule has 1 N–H and O–H groups in total. The van der Waals surface area contributed by atoms with Crippen molar-refractivity contribution in [2.45, 2.75) is 6.54 Å². The number of fused-ring (bicyclic) bond motifs is 1. The third-order valence-electron chi connectivity index (χ3n) is 4.51. The van der Waals surface area contributed by atoms with E-state index in [-0.39, 0.29) is 11.6 Å². The molecule has 29 heavy (non-hydrogen) atoms. The molecule has 4 aromatic rings. The second kappa shape index (κ2) is 7.73. The number of halogens is 1. The first-order valence-corrected chi connectivity index (χ1v) is 9.12. The summed E-state index contributed by atoms with van der Waals surface area (Å²) in [5, 5.41) is 31.4. The fourth-order valence-corrected chi connectivity index (χ4v) is 3.30. The summed E-state index contributed by atoms with van der Waals surface area (Å²) >= 11 is 6.27. The van der Waals surface area contributed by atoms with Gasteiger partial charge in [-0.1, -0.05) is 54.1 Å². The quantitative estimate of drug-likeness (QED) is 0.237. The summed E-state index contributed by atoms with van der Waals surface area (Å²) in [6, 6.07) is 20.7. The first-order chi connectivity index (χ1) is 14.0. The number of hydrogen-bond acceptors (Lipinski definition) is 5. The number of aromatic hydroxyl groups is 1. The first-order valence-electron chi connectivity index (χ1n) is 8.74. The summed E-state index contributed by atoms with van der Waals surface area (Å²) in [6.07, 6.45) is 0. The van der Waals surface area contributed by atoms with E-state index in [0.29, 0.717) is 28.3 Å². The number of nitro groups is 1. The topological polar surface area (TPSA) is 93.0 Å². The van der Waals surface area contributed by atoms with Crippen molar-refractivity contribution in [2.75, 3.05) is 0 Å². The highest BCUT2D eigenvalue weighted by atomic mass is 35.5. The third-order valence-corrected chi connectivity index (χ3v) is 4.88. The van der Waals surface area contributed by atoms with Crippen molar-refractivity contribution in [2.24, 2.45) is 10.2 Å². The Balaban J connectivity index is 1.78. The number of azo groups is 1. The van der Waals surface area contributed by atoms with Gasteiger partial charge in [-0.05, 0) is 23.8 Å². The van der Waals surface area contributed by atoms with Crippen molar-refractivity contribution in [1.29, 1.82) is 0 Å². The Morgan fingerprint density at radius 2 is 1.76 bits per heavy atom. The van der Waals surface area contributed by atoms with Gasteiger partial charge in [-0.25, -0.2) is 0 Å². The van der Waals surface area contributed by atoms with Crippen LogP contribution in [0.3, 0.4) is 0 Å². The Morgan fingerprint density at radius 3 is 2.55 bits per heavy atom. The average molecular weight is 407 g/mol. The molecule has 1 aromatic heterocycles. The van der Waals surface area contributed by atoms with E-state index in [9.17, 15) is 15.2 Å². The molecule has 0 aliphatic rings. The molecule has 0 unspecified atom stereocenters. The van der Waals surface area contributed by atoms with E-state index in [0.717, 1.165) is 11.1 Å². The Labute approximate surface area is 170 Å². The van der Waals surface area contributed by atoms with Crippen molar-refractivity contribution in [3.8, 4) is 5.88 Å². The van der Waals surface area contributed by atoms with Gasteiger partial charge in [-0.3, -0.25) is 10.1 Å². The fourth-order valence-electron chi connectivity index (χ4n) is 3.10. The second-order valence-corrected chi connectivity index (χ2v) is 6.75. The number of hydrogen-bond donors (Lipinski definition) is 1. The Bertz CT molecular complexity index is 1250. The molecule has 4 rings (SSSR count). The standard InChI is InChI=1S/C21H15ClN4O3/c22-18-10-3-1-6-14(18)13-25-19-11-4-2-9-17(19)20(21(25)27)24-23-15-7-5-8-16(12-15)26(28)29/h1-12,27H,13H2. The molecule has 0 saturated heterocycles. The molecule has 0 saturated carbocycles. The van der Waals surface area contributed by atoms with Crippen LogP contribution >= 0.6 is 11.6 Å². The van der Waals surface area contributed by atoms with Gasteiger partial charge in [0.25, 0.3) is 5.69 Å². The minimum absolute atomic E-state index is 0.0553. The highest BCUT2D eigenvalue weighted by Crippen LogP contribution is 2.40. The molecule has 3 aromatic carbocycles. The number of aromatic nitrogens is 1. The molecule has 144 valence electrons. The molecule has 1 heterocycles. The lowest BCUT2D eigenvalue weighted by atomic mass is 10.2. The number of para-hydroxylation sites is 1. The third kappa shape index (κ3) is 3.68. The summed E-state index contributed by atoms with van der Waals surface area (Å²) in [5.41, 5.74) is 2.16. The maximum absolute atomic E-state index is 10.9. The summed E-state index contributed by atoms with van der Waals surface area (Å²) < 4.78 is 1.71.